The number of benzene rings is 2. The van der Waals surface area contributed by atoms with Gasteiger partial charge in [-0.05, 0) is 18.2 Å². The number of hydrogen-bond acceptors (Lipinski definition) is 2. The van der Waals surface area contributed by atoms with E-state index in [2.05, 4.69) is 5.32 Å². The van der Waals surface area contributed by atoms with Crippen LogP contribution in [0.15, 0.2) is 42.5 Å². The van der Waals surface area contributed by atoms with Gasteiger partial charge in [0.2, 0.25) is 0 Å². The molecule has 2 aromatic carbocycles. The van der Waals surface area contributed by atoms with E-state index in [1.165, 1.54) is 6.07 Å². The van der Waals surface area contributed by atoms with Crippen LogP contribution in [0.25, 0.3) is 0 Å². The number of fused-ring (bicyclic) bond motifs is 1. The molecule has 0 saturated carbocycles. The van der Waals surface area contributed by atoms with Gasteiger partial charge in [0.05, 0.1) is 0 Å². The molecule has 0 fully saturated rings. The molecular formula is C14H9F2NO2. The average molecular weight is 261 g/mol. The second-order valence-corrected chi connectivity index (χ2v) is 4.37. The van der Waals surface area contributed by atoms with Crippen molar-refractivity contribution in [3.05, 3.63) is 65.2 Å². The molecule has 1 atom stereocenters. The summed E-state index contributed by atoms with van der Waals surface area (Å²) in [5.74, 6) is -2.42. The summed E-state index contributed by atoms with van der Waals surface area (Å²) >= 11 is 0. The molecule has 0 bridgehead atoms. The molecule has 1 aliphatic heterocycles. The number of amides is 1. The first-order valence-corrected chi connectivity index (χ1v) is 5.62. The Morgan fingerprint density at radius 1 is 1.05 bits per heavy atom. The number of hydrogen-bond donors (Lipinski definition) is 2. The smallest absolute Gasteiger partial charge is 0.265 e. The minimum absolute atomic E-state index is 0.132. The van der Waals surface area contributed by atoms with Crippen LogP contribution >= 0.6 is 0 Å². The Hall–Kier alpha value is -2.27. The van der Waals surface area contributed by atoms with E-state index in [9.17, 15) is 18.7 Å². The topological polar surface area (TPSA) is 49.3 Å². The van der Waals surface area contributed by atoms with Gasteiger partial charge in [-0.1, -0.05) is 18.2 Å². The molecule has 3 rings (SSSR count). The second kappa shape index (κ2) is 3.86. The zero-order valence-corrected chi connectivity index (χ0v) is 9.65. The average Bonchev–Trinajstić information content (AvgIpc) is 2.62. The van der Waals surface area contributed by atoms with Gasteiger partial charge in [-0.2, -0.15) is 0 Å². The highest BCUT2D eigenvalue weighted by Gasteiger charge is 2.47. The van der Waals surface area contributed by atoms with Crippen LogP contribution in [0.4, 0.5) is 14.5 Å². The maximum atomic E-state index is 13.3. The summed E-state index contributed by atoms with van der Waals surface area (Å²) in [6.07, 6.45) is 0. The van der Waals surface area contributed by atoms with Crippen LogP contribution in [-0.4, -0.2) is 11.0 Å². The molecule has 96 valence electrons. The lowest BCUT2D eigenvalue weighted by molar-refractivity contribution is -0.129. The summed E-state index contributed by atoms with van der Waals surface area (Å²) < 4.78 is 26.5. The zero-order valence-electron chi connectivity index (χ0n) is 9.65. The lowest BCUT2D eigenvalue weighted by atomic mass is 9.87. The molecule has 3 nitrogen and oxygen atoms in total. The van der Waals surface area contributed by atoms with E-state index in [1.54, 1.807) is 18.2 Å². The van der Waals surface area contributed by atoms with Crippen molar-refractivity contribution in [2.24, 2.45) is 0 Å². The third kappa shape index (κ3) is 1.62. The van der Waals surface area contributed by atoms with Crippen molar-refractivity contribution in [1.29, 1.82) is 0 Å². The van der Waals surface area contributed by atoms with Gasteiger partial charge < -0.3 is 10.4 Å². The molecule has 0 saturated heterocycles. The monoisotopic (exact) mass is 261 g/mol. The van der Waals surface area contributed by atoms with Crippen molar-refractivity contribution in [3.8, 4) is 0 Å². The predicted octanol–water partition coefficient (Wildman–Crippen LogP) is 2.15. The van der Waals surface area contributed by atoms with Crippen LogP contribution < -0.4 is 5.32 Å². The molecule has 1 heterocycles. The lowest BCUT2D eigenvalue weighted by Gasteiger charge is -2.21. The summed E-state index contributed by atoms with van der Waals surface area (Å²) in [5.41, 5.74) is -1.49. The molecule has 2 aromatic rings. The molecule has 0 aromatic heterocycles. The van der Waals surface area contributed by atoms with Gasteiger partial charge in [-0.3, -0.25) is 4.79 Å². The number of anilines is 1. The predicted molar refractivity (Wildman–Crippen MR) is 64.4 cm³/mol. The molecule has 5 heteroatoms. The van der Waals surface area contributed by atoms with Crippen molar-refractivity contribution in [2.75, 3.05) is 5.32 Å². The molecular weight excluding hydrogens is 252 g/mol. The van der Waals surface area contributed by atoms with Gasteiger partial charge >= 0.3 is 0 Å². The normalized spacial score (nSPS) is 21.1. The van der Waals surface area contributed by atoms with Crippen LogP contribution in [0.1, 0.15) is 11.1 Å². The minimum atomic E-state index is -2.07. The van der Waals surface area contributed by atoms with E-state index in [1.807, 2.05) is 0 Å². The van der Waals surface area contributed by atoms with Crippen LogP contribution in [-0.2, 0) is 10.4 Å². The zero-order chi connectivity index (χ0) is 13.6. The molecule has 0 radical (unpaired) electrons. The van der Waals surface area contributed by atoms with E-state index in [0.717, 1.165) is 12.1 Å². The fourth-order valence-electron chi connectivity index (χ4n) is 2.29. The van der Waals surface area contributed by atoms with Crippen molar-refractivity contribution in [2.45, 2.75) is 5.60 Å². The standard InChI is InChI=1S/C14H9F2NO2/c15-9-5-8(6-10(16)7-9)14(19)11-3-1-2-4-12(11)17-13(14)18/h1-7,19H,(H,17,18)/t14-/m0/s1. The lowest BCUT2D eigenvalue weighted by Crippen LogP contribution is -2.35. The Kier molecular flexibility index (Phi) is 2.40. The first kappa shape index (κ1) is 11.8. The Morgan fingerprint density at radius 3 is 2.37 bits per heavy atom. The van der Waals surface area contributed by atoms with Crippen LogP contribution in [0.3, 0.4) is 0 Å². The van der Waals surface area contributed by atoms with Gasteiger partial charge in [-0.25, -0.2) is 8.78 Å². The molecule has 1 aliphatic rings. The Bertz CT molecular complexity index is 667. The number of carbonyl (C=O) groups excluding carboxylic acids is 1. The molecule has 0 unspecified atom stereocenters. The van der Waals surface area contributed by atoms with Crippen LogP contribution in [0, 0.1) is 11.6 Å². The van der Waals surface area contributed by atoms with Gasteiger partial charge in [0.1, 0.15) is 11.6 Å². The van der Waals surface area contributed by atoms with E-state index < -0.39 is 23.1 Å². The summed E-state index contributed by atoms with van der Waals surface area (Å²) in [4.78, 5) is 12.0. The highest BCUT2D eigenvalue weighted by molar-refractivity contribution is 6.07. The van der Waals surface area contributed by atoms with Crippen molar-refractivity contribution >= 4 is 11.6 Å². The Labute approximate surface area is 107 Å². The molecule has 0 aliphatic carbocycles. The maximum absolute atomic E-state index is 13.3. The number of halogens is 2. The van der Waals surface area contributed by atoms with E-state index >= 15 is 0 Å². The van der Waals surface area contributed by atoms with Crippen molar-refractivity contribution in [1.82, 2.24) is 0 Å². The van der Waals surface area contributed by atoms with Gasteiger partial charge in [0.25, 0.3) is 5.91 Å². The molecule has 2 N–H and O–H groups in total. The minimum Gasteiger partial charge on any atom is -0.372 e. The fourth-order valence-corrected chi connectivity index (χ4v) is 2.29. The summed E-state index contributed by atoms with van der Waals surface area (Å²) in [5, 5.41) is 13.1. The molecule has 0 spiro atoms. The third-order valence-electron chi connectivity index (χ3n) is 3.17. The first-order chi connectivity index (χ1) is 9.01. The van der Waals surface area contributed by atoms with Crippen molar-refractivity contribution < 1.29 is 18.7 Å². The number of nitrogens with one attached hydrogen (secondary N) is 1. The largest absolute Gasteiger partial charge is 0.372 e. The third-order valence-corrected chi connectivity index (χ3v) is 3.17. The van der Waals surface area contributed by atoms with Crippen LogP contribution in [0.2, 0.25) is 0 Å². The van der Waals surface area contributed by atoms with Gasteiger partial charge in [0, 0.05) is 22.9 Å². The number of para-hydroxylation sites is 1. The maximum Gasteiger partial charge on any atom is 0.265 e. The summed E-state index contributed by atoms with van der Waals surface area (Å²) in [7, 11) is 0. The molecule has 19 heavy (non-hydrogen) atoms. The van der Waals surface area contributed by atoms with Crippen molar-refractivity contribution in [3.63, 3.8) is 0 Å². The Balaban J connectivity index is 2.25. The fraction of sp³-hybridized carbons (Fsp3) is 0.0714. The summed E-state index contributed by atoms with van der Waals surface area (Å²) in [6.45, 7) is 0. The quantitative estimate of drug-likeness (QED) is 0.826. The van der Waals surface area contributed by atoms with E-state index in [-0.39, 0.29) is 11.1 Å². The number of carbonyl (C=O) groups is 1. The van der Waals surface area contributed by atoms with E-state index in [0.29, 0.717) is 11.8 Å². The highest BCUT2D eigenvalue weighted by atomic mass is 19.1. The van der Waals surface area contributed by atoms with Gasteiger partial charge in [0.15, 0.2) is 5.60 Å². The Morgan fingerprint density at radius 2 is 1.68 bits per heavy atom. The number of aliphatic hydroxyl groups is 1. The highest BCUT2D eigenvalue weighted by Crippen LogP contribution is 2.40. The summed E-state index contributed by atoms with van der Waals surface area (Å²) in [6, 6.07) is 9.06. The number of rotatable bonds is 1. The van der Waals surface area contributed by atoms with Gasteiger partial charge in [-0.15, -0.1) is 0 Å². The molecule has 1 amide bonds. The SMILES string of the molecule is O=C1Nc2ccccc2[C@@]1(O)c1cc(F)cc(F)c1. The van der Waals surface area contributed by atoms with Crippen LogP contribution in [0.5, 0.6) is 0 Å². The van der Waals surface area contributed by atoms with E-state index in [4.69, 9.17) is 0 Å². The second-order valence-electron chi connectivity index (χ2n) is 4.37. The first-order valence-electron chi connectivity index (χ1n) is 5.62.